The third kappa shape index (κ3) is 5.48. The lowest BCUT2D eigenvalue weighted by molar-refractivity contribution is 0.0952. The fourth-order valence-electron chi connectivity index (χ4n) is 2.42. The number of nitrogens with zero attached hydrogens (tertiary/aromatic N) is 2. The van der Waals surface area contributed by atoms with Gasteiger partial charge in [0.15, 0.2) is 0 Å². The molecule has 2 aromatic rings. The van der Waals surface area contributed by atoms with Crippen LogP contribution in [0.3, 0.4) is 0 Å². The molecule has 2 rings (SSSR count). The lowest BCUT2D eigenvalue weighted by Gasteiger charge is -2.14. The summed E-state index contributed by atoms with van der Waals surface area (Å²) in [4.78, 5) is 16.4. The summed E-state index contributed by atoms with van der Waals surface area (Å²) in [7, 11) is -0.395. The van der Waals surface area contributed by atoms with Gasteiger partial charge in [0.1, 0.15) is 5.82 Å². The van der Waals surface area contributed by atoms with E-state index in [-0.39, 0.29) is 18.7 Å². The minimum absolute atomic E-state index is 0.109. The number of ether oxygens (including phenoxy) is 1. The van der Waals surface area contributed by atoms with Crippen LogP contribution in [0.5, 0.6) is 5.88 Å². The van der Waals surface area contributed by atoms with Crippen LogP contribution >= 0.6 is 0 Å². The van der Waals surface area contributed by atoms with Crippen molar-refractivity contribution >= 4 is 15.9 Å². The summed E-state index contributed by atoms with van der Waals surface area (Å²) in [6.45, 7) is 2.07. The molecule has 0 aliphatic carbocycles. The van der Waals surface area contributed by atoms with Crippen LogP contribution in [-0.2, 0) is 10.0 Å². The molecule has 0 radical (unpaired) electrons. The van der Waals surface area contributed by atoms with Crippen LogP contribution in [-0.4, -0.2) is 57.1 Å². The third-order valence-corrected chi connectivity index (χ3v) is 5.36. The van der Waals surface area contributed by atoms with Crippen molar-refractivity contribution in [2.24, 2.45) is 0 Å². The van der Waals surface area contributed by atoms with Gasteiger partial charge in [0, 0.05) is 43.5 Å². The van der Waals surface area contributed by atoms with Crippen LogP contribution in [0.25, 0.3) is 11.1 Å². The van der Waals surface area contributed by atoms with E-state index in [0.29, 0.717) is 17.0 Å². The topological polar surface area (TPSA) is 88.6 Å². The molecule has 0 atom stereocenters. The highest BCUT2D eigenvalue weighted by Crippen LogP contribution is 2.26. The van der Waals surface area contributed by atoms with E-state index < -0.39 is 21.7 Å². The number of hydrogen-bond donors (Lipinski definition) is 1. The first-order valence-electron chi connectivity index (χ1n) is 8.13. The molecule has 1 heterocycles. The maximum absolute atomic E-state index is 14.0. The van der Waals surface area contributed by atoms with Crippen molar-refractivity contribution in [3.63, 3.8) is 0 Å². The van der Waals surface area contributed by atoms with Gasteiger partial charge in [0.05, 0.1) is 13.4 Å². The van der Waals surface area contributed by atoms with Crippen LogP contribution < -0.4 is 10.1 Å². The number of benzene rings is 1. The van der Waals surface area contributed by atoms with Crippen molar-refractivity contribution in [1.29, 1.82) is 0 Å². The smallest absolute Gasteiger partial charge is 0.251 e. The molecule has 0 fully saturated rings. The number of nitrogens with one attached hydrogen (secondary N) is 1. The Labute approximate surface area is 158 Å². The maximum atomic E-state index is 14.0. The monoisotopic (exact) mass is 395 g/mol. The number of carbonyl (C=O) groups excluding carboxylic acids is 1. The Hall–Kier alpha value is -2.52. The van der Waals surface area contributed by atoms with Gasteiger partial charge < -0.3 is 10.1 Å². The first-order valence-corrected chi connectivity index (χ1v) is 9.97. The van der Waals surface area contributed by atoms with Gasteiger partial charge >= 0.3 is 0 Å². The molecule has 1 amide bonds. The molecule has 0 saturated carbocycles. The Bertz CT molecular complexity index is 948. The van der Waals surface area contributed by atoms with Crippen LogP contribution in [0.2, 0.25) is 0 Å². The quantitative estimate of drug-likeness (QED) is 0.773. The SMILES string of the molecule is COc1cc(C)c(-c2cc(F)cc(C(=O)NCCN(C)S(C)(=O)=O)c2)cn1. The minimum atomic E-state index is -3.32. The average molecular weight is 395 g/mol. The van der Waals surface area contributed by atoms with Crippen LogP contribution in [0.15, 0.2) is 30.5 Å². The Morgan fingerprint density at radius 3 is 2.59 bits per heavy atom. The van der Waals surface area contributed by atoms with Crippen molar-refractivity contribution in [3.05, 3.63) is 47.4 Å². The zero-order chi connectivity index (χ0) is 20.2. The van der Waals surface area contributed by atoms with Gasteiger partial charge in [-0.25, -0.2) is 22.1 Å². The van der Waals surface area contributed by atoms with E-state index in [4.69, 9.17) is 4.74 Å². The lowest BCUT2D eigenvalue weighted by atomic mass is 10.0. The van der Waals surface area contributed by atoms with Crippen molar-refractivity contribution in [2.75, 3.05) is 33.5 Å². The van der Waals surface area contributed by atoms with Crippen molar-refractivity contribution in [2.45, 2.75) is 6.92 Å². The molecular weight excluding hydrogens is 373 g/mol. The molecule has 1 aromatic heterocycles. The van der Waals surface area contributed by atoms with Crippen molar-refractivity contribution < 1.29 is 22.3 Å². The van der Waals surface area contributed by atoms with Crippen molar-refractivity contribution in [3.8, 4) is 17.0 Å². The Balaban J connectivity index is 2.18. The van der Waals surface area contributed by atoms with E-state index >= 15 is 0 Å². The molecule has 9 heteroatoms. The number of amides is 1. The molecule has 0 aliphatic rings. The summed E-state index contributed by atoms with van der Waals surface area (Å²) >= 11 is 0. The summed E-state index contributed by atoms with van der Waals surface area (Å²) in [5.41, 5.74) is 2.16. The number of rotatable bonds is 7. The zero-order valence-corrected chi connectivity index (χ0v) is 16.4. The number of halogens is 1. The fraction of sp³-hybridized carbons (Fsp3) is 0.333. The van der Waals surface area contributed by atoms with E-state index in [0.717, 1.165) is 22.2 Å². The molecule has 0 bridgehead atoms. The Kier molecular flexibility index (Phi) is 6.50. The molecule has 27 heavy (non-hydrogen) atoms. The van der Waals surface area contributed by atoms with Gasteiger partial charge in [-0.1, -0.05) is 0 Å². The predicted molar refractivity (Wildman–Crippen MR) is 101 cm³/mol. The van der Waals surface area contributed by atoms with Gasteiger partial charge in [-0.15, -0.1) is 0 Å². The Morgan fingerprint density at radius 1 is 1.30 bits per heavy atom. The molecular formula is C18H22FN3O4S. The summed E-state index contributed by atoms with van der Waals surface area (Å²) < 4.78 is 42.9. The van der Waals surface area contributed by atoms with Gasteiger partial charge in [0.2, 0.25) is 15.9 Å². The second-order valence-electron chi connectivity index (χ2n) is 6.11. The number of aromatic nitrogens is 1. The molecule has 7 nitrogen and oxygen atoms in total. The zero-order valence-electron chi connectivity index (χ0n) is 15.6. The van der Waals surface area contributed by atoms with E-state index in [1.807, 2.05) is 6.92 Å². The van der Waals surface area contributed by atoms with Gasteiger partial charge in [-0.3, -0.25) is 4.79 Å². The van der Waals surface area contributed by atoms with E-state index in [2.05, 4.69) is 10.3 Å². The predicted octanol–water partition coefficient (Wildman–Crippen LogP) is 1.83. The molecule has 1 aromatic carbocycles. The molecule has 146 valence electrons. The molecule has 1 N–H and O–H groups in total. The summed E-state index contributed by atoms with van der Waals surface area (Å²) in [6, 6.07) is 5.74. The van der Waals surface area contributed by atoms with Crippen LogP contribution in [0.1, 0.15) is 15.9 Å². The molecule has 0 spiro atoms. The average Bonchev–Trinajstić information content (AvgIpc) is 2.59. The second-order valence-corrected chi connectivity index (χ2v) is 8.20. The highest BCUT2D eigenvalue weighted by Gasteiger charge is 2.14. The summed E-state index contributed by atoms with van der Waals surface area (Å²) in [5, 5.41) is 2.59. The number of hydrogen-bond acceptors (Lipinski definition) is 5. The molecule has 0 aliphatic heterocycles. The lowest BCUT2D eigenvalue weighted by Crippen LogP contribution is -2.35. The number of sulfonamides is 1. The number of carbonyl (C=O) groups is 1. The number of likely N-dealkylation sites (N-methyl/N-ethyl adjacent to an activating group) is 1. The largest absolute Gasteiger partial charge is 0.481 e. The third-order valence-electron chi connectivity index (χ3n) is 4.04. The normalized spacial score (nSPS) is 11.5. The number of pyridine rings is 1. The first kappa shape index (κ1) is 20.8. The maximum Gasteiger partial charge on any atom is 0.251 e. The first-order chi connectivity index (χ1) is 12.6. The van der Waals surface area contributed by atoms with Gasteiger partial charge in [0.25, 0.3) is 5.91 Å². The Morgan fingerprint density at radius 2 is 2.00 bits per heavy atom. The molecule has 0 saturated heterocycles. The van der Waals surface area contributed by atoms with Crippen molar-refractivity contribution in [1.82, 2.24) is 14.6 Å². The summed E-state index contributed by atoms with van der Waals surface area (Å²) in [6.07, 6.45) is 2.64. The number of methoxy groups -OCH3 is 1. The second kappa shape index (κ2) is 8.45. The van der Waals surface area contributed by atoms with Crippen LogP contribution in [0.4, 0.5) is 4.39 Å². The highest BCUT2D eigenvalue weighted by molar-refractivity contribution is 7.88. The number of aryl methyl sites for hydroxylation is 1. The van der Waals surface area contributed by atoms with E-state index in [1.54, 1.807) is 18.3 Å². The standard InChI is InChI=1S/C18H22FN3O4S/c1-12-7-17(26-3)21-11-16(12)13-8-14(10-15(19)9-13)18(23)20-5-6-22(2)27(4,24)25/h7-11H,5-6H2,1-4H3,(H,20,23). The fourth-order valence-corrected chi connectivity index (χ4v) is 2.84. The molecule has 0 unspecified atom stereocenters. The minimum Gasteiger partial charge on any atom is -0.481 e. The van der Waals surface area contributed by atoms with Crippen LogP contribution in [0, 0.1) is 12.7 Å². The highest BCUT2D eigenvalue weighted by atomic mass is 32.2. The summed E-state index contributed by atoms with van der Waals surface area (Å²) in [5.74, 6) is -0.599. The van der Waals surface area contributed by atoms with Gasteiger partial charge in [-0.05, 0) is 36.2 Å². The van der Waals surface area contributed by atoms with E-state index in [1.165, 1.54) is 20.2 Å². The van der Waals surface area contributed by atoms with E-state index in [9.17, 15) is 17.6 Å². The van der Waals surface area contributed by atoms with Gasteiger partial charge in [-0.2, -0.15) is 0 Å².